The molecule has 0 aliphatic heterocycles. The van der Waals surface area contributed by atoms with Gasteiger partial charge in [-0.05, 0) is 38.0 Å². The summed E-state index contributed by atoms with van der Waals surface area (Å²) in [5.41, 5.74) is -0.578. The smallest absolute Gasteiger partial charge is 0.328 e. The monoisotopic (exact) mass is 241 g/mol. The fraction of sp³-hybridized carbons (Fsp3) is 0.923. The Hall–Kier alpha value is -0.610. The number of carbonyl (C=O) groups excluding carboxylic acids is 1. The van der Waals surface area contributed by atoms with E-state index in [-0.39, 0.29) is 5.97 Å². The molecule has 2 aliphatic rings. The predicted octanol–water partition coefficient (Wildman–Crippen LogP) is 1.49. The number of methoxy groups -OCH3 is 1. The molecule has 0 bridgehead atoms. The Bertz CT molecular complexity index is 274. The molecule has 0 radical (unpaired) electrons. The lowest BCUT2D eigenvalue weighted by Crippen LogP contribution is -2.59. The predicted molar refractivity (Wildman–Crippen MR) is 64.7 cm³/mol. The summed E-state index contributed by atoms with van der Waals surface area (Å²) in [7, 11) is 1.47. The average molecular weight is 241 g/mol. The molecule has 0 saturated heterocycles. The first-order chi connectivity index (χ1) is 8.23. The Kier molecular flexibility index (Phi) is 4.05. The second-order valence-electron chi connectivity index (χ2n) is 5.21. The van der Waals surface area contributed by atoms with Crippen molar-refractivity contribution in [3.05, 3.63) is 0 Å². The van der Waals surface area contributed by atoms with Crippen molar-refractivity contribution in [2.45, 2.75) is 50.6 Å². The molecule has 1 atom stereocenters. The maximum absolute atomic E-state index is 12.1. The lowest BCUT2D eigenvalue weighted by atomic mass is 9.94. The number of ether oxygens (including phenoxy) is 2. The highest BCUT2D eigenvalue weighted by Crippen LogP contribution is 2.42. The van der Waals surface area contributed by atoms with E-state index in [0.717, 1.165) is 19.3 Å². The second kappa shape index (κ2) is 5.36. The maximum atomic E-state index is 12.1. The van der Waals surface area contributed by atoms with E-state index >= 15 is 0 Å². The van der Waals surface area contributed by atoms with Gasteiger partial charge in [0.2, 0.25) is 0 Å². The third kappa shape index (κ3) is 2.99. The third-order valence-corrected chi connectivity index (χ3v) is 3.54. The summed E-state index contributed by atoms with van der Waals surface area (Å²) >= 11 is 0. The Morgan fingerprint density at radius 1 is 1.35 bits per heavy atom. The van der Waals surface area contributed by atoms with Crippen molar-refractivity contribution in [2.24, 2.45) is 5.92 Å². The summed E-state index contributed by atoms with van der Waals surface area (Å²) in [6.07, 6.45) is 5.51. The molecule has 0 aromatic heterocycles. The number of nitrogens with one attached hydrogen (secondary N) is 1. The Morgan fingerprint density at radius 2 is 2.06 bits per heavy atom. The molecule has 17 heavy (non-hydrogen) atoms. The van der Waals surface area contributed by atoms with Crippen LogP contribution in [0.5, 0.6) is 0 Å². The van der Waals surface area contributed by atoms with Crippen LogP contribution in [0.1, 0.15) is 39.0 Å². The van der Waals surface area contributed by atoms with Crippen molar-refractivity contribution in [1.82, 2.24) is 5.32 Å². The van der Waals surface area contributed by atoms with Crippen LogP contribution >= 0.6 is 0 Å². The summed E-state index contributed by atoms with van der Waals surface area (Å²) in [6.45, 7) is 3.23. The first-order valence-electron chi connectivity index (χ1n) is 6.66. The van der Waals surface area contributed by atoms with Crippen molar-refractivity contribution in [1.29, 1.82) is 0 Å². The van der Waals surface area contributed by atoms with E-state index in [0.29, 0.717) is 25.2 Å². The number of carbonyl (C=O) groups is 1. The normalized spacial score (nSPS) is 23.2. The highest BCUT2D eigenvalue weighted by atomic mass is 16.5. The summed E-state index contributed by atoms with van der Waals surface area (Å²) in [4.78, 5) is 12.1. The van der Waals surface area contributed by atoms with Gasteiger partial charge in [-0.15, -0.1) is 0 Å². The Morgan fingerprint density at radius 3 is 2.53 bits per heavy atom. The molecule has 2 rings (SSSR count). The fourth-order valence-electron chi connectivity index (χ4n) is 2.29. The van der Waals surface area contributed by atoms with Crippen molar-refractivity contribution in [3.8, 4) is 0 Å². The zero-order valence-electron chi connectivity index (χ0n) is 10.8. The number of hydrogen-bond acceptors (Lipinski definition) is 4. The van der Waals surface area contributed by atoms with Gasteiger partial charge in [0.25, 0.3) is 0 Å². The molecule has 1 unspecified atom stereocenters. The zero-order chi connectivity index (χ0) is 12.3. The second-order valence-corrected chi connectivity index (χ2v) is 5.21. The zero-order valence-corrected chi connectivity index (χ0v) is 10.8. The van der Waals surface area contributed by atoms with Gasteiger partial charge in [-0.3, -0.25) is 5.32 Å². The molecule has 0 amide bonds. The Balaban J connectivity index is 2.02. The van der Waals surface area contributed by atoms with Gasteiger partial charge in [-0.1, -0.05) is 6.92 Å². The molecule has 4 nitrogen and oxygen atoms in total. The SMILES string of the molecule is CCCOCC(NC1CC1)(C(=O)OC)C1CC1. The molecule has 2 fully saturated rings. The number of rotatable bonds is 8. The average Bonchev–Trinajstić information content (AvgIpc) is 3.17. The summed E-state index contributed by atoms with van der Waals surface area (Å²) < 4.78 is 10.6. The van der Waals surface area contributed by atoms with E-state index in [1.807, 2.05) is 0 Å². The quantitative estimate of drug-likeness (QED) is 0.516. The highest BCUT2D eigenvalue weighted by Gasteiger charge is 2.54. The first-order valence-corrected chi connectivity index (χ1v) is 6.66. The topological polar surface area (TPSA) is 47.6 Å². The van der Waals surface area contributed by atoms with Crippen LogP contribution in [0.25, 0.3) is 0 Å². The summed E-state index contributed by atoms with van der Waals surface area (Å²) in [5.74, 6) is 0.246. The lowest BCUT2D eigenvalue weighted by Gasteiger charge is -2.32. The van der Waals surface area contributed by atoms with E-state index in [4.69, 9.17) is 9.47 Å². The molecule has 0 aromatic rings. The number of esters is 1. The molecule has 4 heteroatoms. The highest BCUT2D eigenvalue weighted by molar-refractivity contribution is 5.82. The molecular weight excluding hydrogens is 218 g/mol. The fourth-order valence-corrected chi connectivity index (χ4v) is 2.29. The standard InChI is InChI=1S/C13H23NO3/c1-3-8-17-9-13(10-4-5-10,12(15)16-2)14-11-6-7-11/h10-11,14H,3-9H2,1-2H3. The minimum atomic E-state index is -0.578. The minimum Gasteiger partial charge on any atom is -0.468 e. The van der Waals surface area contributed by atoms with E-state index in [9.17, 15) is 4.79 Å². The van der Waals surface area contributed by atoms with Crippen molar-refractivity contribution in [3.63, 3.8) is 0 Å². The van der Waals surface area contributed by atoms with Gasteiger partial charge in [0.1, 0.15) is 5.54 Å². The van der Waals surface area contributed by atoms with Crippen LogP contribution in [0, 0.1) is 5.92 Å². The van der Waals surface area contributed by atoms with E-state index in [1.165, 1.54) is 20.0 Å². The van der Waals surface area contributed by atoms with Crippen LogP contribution in [0.4, 0.5) is 0 Å². The van der Waals surface area contributed by atoms with Gasteiger partial charge >= 0.3 is 5.97 Å². The van der Waals surface area contributed by atoms with Gasteiger partial charge in [-0.2, -0.15) is 0 Å². The largest absolute Gasteiger partial charge is 0.468 e. The van der Waals surface area contributed by atoms with Gasteiger partial charge in [-0.25, -0.2) is 4.79 Å². The lowest BCUT2D eigenvalue weighted by molar-refractivity contribution is -0.153. The van der Waals surface area contributed by atoms with E-state index in [1.54, 1.807) is 0 Å². The molecule has 2 saturated carbocycles. The Labute approximate surface area is 103 Å². The van der Waals surface area contributed by atoms with Crippen LogP contribution in [0.15, 0.2) is 0 Å². The number of hydrogen-bond donors (Lipinski definition) is 1. The molecule has 0 spiro atoms. The summed E-state index contributed by atoms with van der Waals surface area (Å²) in [6, 6.07) is 0.486. The molecule has 98 valence electrons. The van der Waals surface area contributed by atoms with Crippen molar-refractivity contribution >= 4 is 5.97 Å². The van der Waals surface area contributed by atoms with Crippen LogP contribution in [-0.2, 0) is 14.3 Å². The van der Waals surface area contributed by atoms with Crippen molar-refractivity contribution < 1.29 is 14.3 Å². The van der Waals surface area contributed by atoms with E-state index in [2.05, 4.69) is 12.2 Å². The van der Waals surface area contributed by atoms with Crippen LogP contribution < -0.4 is 5.32 Å². The van der Waals surface area contributed by atoms with Gasteiger partial charge in [0, 0.05) is 12.6 Å². The third-order valence-electron chi connectivity index (χ3n) is 3.54. The van der Waals surface area contributed by atoms with Crippen molar-refractivity contribution in [2.75, 3.05) is 20.3 Å². The van der Waals surface area contributed by atoms with Gasteiger partial charge in [0.15, 0.2) is 0 Å². The first kappa shape index (κ1) is 12.8. The molecule has 0 aromatic carbocycles. The van der Waals surface area contributed by atoms with Crippen LogP contribution in [0.3, 0.4) is 0 Å². The van der Waals surface area contributed by atoms with Gasteiger partial charge in [0.05, 0.1) is 13.7 Å². The summed E-state index contributed by atoms with van der Waals surface area (Å²) in [5, 5.41) is 3.48. The van der Waals surface area contributed by atoms with Crippen LogP contribution in [0.2, 0.25) is 0 Å². The molecule has 2 aliphatic carbocycles. The van der Waals surface area contributed by atoms with E-state index < -0.39 is 5.54 Å². The minimum absolute atomic E-state index is 0.150. The maximum Gasteiger partial charge on any atom is 0.328 e. The molecular formula is C13H23NO3. The molecule has 0 heterocycles. The van der Waals surface area contributed by atoms with Gasteiger partial charge < -0.3 is 9.47 Å². The molecule has 1 N–H and O–H groups in total. The van der Waals surface area contributed by atoms with Crippen LogP contribution in [-0.4, -0.2) is 37.9 Å².